The van der Waals surface area contributed by atoms with Crippen molar-refractivity contribution in [3.63, 3.8) is 0 Å². The first-order valence-electron chi connectivity index (χ1n) is 5.92. The predicted octanol–water partition coefficient (Wildman–Crippen LogP) is 3.00. The van der Waals surface area contributed by atoms with Gasteiger partial charge in [0.25, 0.3) is 0 Å². The van der Waals surface area contributed by atoms with Crippen LogP contribution in [0.4, 0.5) is 0 Å². The first-order chi connectivity index (χ1) is 7.02. The second kappa shape index (κ2) is 9.44. The molecule has 1 unspecified atom stereocenters. The molecule has 2 nitrogen and oxygen atoms in total. The second-order valence-electron chi connectivity index (χ2n) is 4.67. The van der Waals surface area contributed by atoms with E-state index in [9.17, 15) is 0 Å². The molecule has 0 bridgehead atoms. The zero-order valence-electron chi connectivity index (χ0n) is 10.6. The van der Waals surface area contributed by atoms with E-state index in [1.165, 1.54) is 0 Å². The van der Waals surface area contributed by atoms with Gasteiger partial charge in [-0.3, -0.25) is 0 Å². The van der Waals surface area contributed by atoms with E-state index in [1.807, 2.05) is 6.92 Å². The summed E-state index contributed by atoms with van der Waals surface area (Å²) >= 11 is 5.88. The van der Waals surface area contributed by atoms with Gasteiger partial charge in [-0.15, -0.1) is 11.6 Å². The molecule has 0 saturated heterocycles. The normalized spacial score (nSPS) is 13.8. The van der Waals surface area contributed by atoms with Crippen molar-refractivity contribution in [3.05, 3.63) is 0 Å². The Kier molecular flexibility index (Phi) is 9.57. The molecule has 0 amide bonds. The quantitative estimate of drug-likeness (QED) is 0.450. The van der Waals surface area contributed by atoms with Gasteiger partial charge >= 0.3 is 0 Å². The molecule has 92 valence electrons. The summed E-state index contributed by atoms with van der Waals surface area (Å²) in [5.41, 5.74) is 0. The molecule has 0 aromatic rings. The van der Waals surface area contributed by atoms with Crippen molar-refractivity contribution in [2.45, 2.75) is 39.0 Å². The molecule has 15 heavy (non-hydrogen) atoms. The number of rotatable bonds is 9. The zero-order valence-corrected chi connectivity index (χ0v) is 11.4. The average molecular weight is 236 g/mol. The average Bonchev–Trinajstić information content (AvgIpc) is 2.13. The lowest BCUT2D eigenvalue weighted by Gasteiger charge is -2.17. The van der Waals surface area contributed by atoms with Crippen molar-refractivity contribution in [2.75, 3.05) is 33.4 Å². The van der Waals surface area contributed by atoms with Crippen LogP contribution in [-0.2, 0) is 4.74 Å². The Labute approximate surface area is 99.9 Å². The fraction of sp³-hybridized carbons (Fsp3) is 1.00. The molecular weight excluding hydrogens is 210 g/mol. The maximum absolute atomic E-state index is 5.88. The van der Waals surface area contributed by atoms with Gasteiger partial charge < -0.3 is 9.64 Å². The van der Waals surface area contributed by atoms with E-state index < -0.39 is 0 Å². The molecule has 1 atom stereocenters. The van der Waals surface area contributed by atoms with Crippen molar-refractivity contribution < 1.29 is 4.74 Å². The minimum atomic E-state index is 0.273. The topological polar surface area (TPSA) is 12.5 Å². The van der Waals surface area contributed by atoms with Gasteiger partial charge in [-0.2, -0.15) is 0 Å². The van der Waals surface area contributed by atoms with Gasteiger partial charge in [0.2, 0.25) is 0 Å². The Morgan fingerprint density at radius 1 is 1.07 bits per heavy atom. The van der Waals surface area contributed by atoms with Gasteiger partial charge in [0.15, 0.2) is 0 Å². The van der Waals surface area contributed by atoms with Crippen LogP contribution in [0.25, 0.3) is 0 Å². The number of hydrogen-bond donors (Lipinski definition) is 0. The summed E-state index contributed by atoms with van der Waals surface area (Å²) in [7, 11) is 2.12. The summed E-state index contributed by atoms with van der Waals surface area (Å²) < 4.78 is 5.55. The second-order valence-corrected chi connectivity index (χ2v) is 5.41. The number of ether oxygens (including phenoxy) is 1. The Morgan fingerprint density at radius 2 is 1.73 bits per heavy atom. The van der Waals surface area contributed by atoms with Crippen molar-refractivity contribution in [1.82, 2.24) is 4.90 Å². The van der Waals surface area contributed by atoms with Crippen LogP contribution in [0.1, 0.15) is 33.6 Å². The Bertz CT molecular complexity index is 140. The van der Waals surface area contributed by atoms with E-state index in [1.54, 1.807) is 0 Å². The Balaban J connectivity index is 3.20. The van der Waals surface area contributed by atoms with E-state index in [0.29, 0.717) is 0 Å². The van der Waals surface area contributed by atoms with Crippen LogP contribution >= 0.6 is 11.6 Å². The highest BCUT2D eigenvalue weighted by molar-refractivity contribution is 6.20. The molecule has 0 heterocycles. The molecule has 0 aromatic carbocycles. The monoisotopic (exact) mass is 235 g/mol. The first kappa shape index (κ1) is 15.2. The van der Waals surface area contributed by atoms with Crippen molar-refractivity contribution in [2.24, 2.45) is 5.92 Å². The molecule has 0 fully saturated rings. The number of nitrogens with zero attached hydrogens (tertiary/aromatic N) is 1. The molecule has 0 aliphatic heterocycles. The molecule has 0 saturated carbocycles. The molecule has 0 spiro atoms. The van der Waals surface area contributed by atoms with Gasteiger partial charge in [0.1, 0.15) is 0 Å². The molecular formula is C12H26ClNO. The maximum Gasteiger partial charge on any atom is 0.0593 e. The summed E-state index contributed by atoms with van der Waals surface area (Å²) in [6, 6.07) is 0. The van der Waals surface area contributed by atoms with Gasteiger partial charge in [-0.05, 0) is 39.3 Å². The van der Waals surface area contributed by atoms with Crippen LogP contribution in [0.3, 0.4) is 0 Å². The van der Waals surface area contributed by atoms with Gasteiger partial charge in [0.05, 0.1) is 6.61 Å². The van der Waals surface area contributed by atoms with Gasteiger partial charge in [-0.25, -0.2) is 0 Å². The molecule has 0 aliphatic carbocycles. The fourth-order valence-electron chi connectivity index (χ4n) is 1.15. The molecule has 0 radical (unpaired) electrons. The number of alkyl halides is 1. The van der Waals surface area contributed by atoms with E-state index in [0.717, 1.165) is 45.1 Å². The minimum absolute atomic E-state index is 0.273. The van der Waals surface area contributed by atoms with E-state index in [-0.39, 0.29) is 5.38 Å². The lowest BCUT2D eigenvalue weighted by atomic mass is 10.1. The lowest BCUT2D eigenvalue weighted by molar-refractivity contribution is 0.103. The predicted molar refractivity (Wildman–Crippen MR) is 67.7 cm³/mol. The third-order valence-corrected chi connectivity index (χ3v) is 2.58. The first-order valence-corrected chi connectivity index (χ1v) is 6.36. The molecule has 0 aliphatic rings. The summed E-state index contributed by atoms with van der Waals surface area (Å²) in [6.07, 6.45) is 2.20. The maximum atomic E-state index is 5.88. The highest BCUT2D eigenvalue weighted by atomic mass is 35.5. The fourth-order valence-corrected chi connectivity index (χ4v) is 1.25. The van der Waals surface area contributed by atoms with Crippen LogP contribution in [0.15, 0.2) is 0 Å². The van der Waals surface area contributed by atoms with Crippen LogP contribution < -0.4 is 0 Å². The Morgan fingerprint density at radius 3 is 2.27 bits per heavy atom. The summed E-state index contributed by atoms with van der Waals surface area (Å²) in [5.74, 6) is 0.736. The highest BCUT2D eigenvalue weighted by Crippen LogP contribution is 2.01. The van der Waals surface area contributed by atoms with Crippen molar-refractivity contribution in [1.29, 1.82) is 0 Å². The molecule has 0 rings (SSSR count). The summed E-state index contributed by atoms with van der Waals surface area (Å²) in [6.45, 7) is 10.3. The van der Waals surface area contributed by atoms with Crippen LogP contribution in [0, 0.1) is 5.92 Å². The summed E-state index contributed by atoms with van der Waals surface area (Å²) in [5, 5.41) is 0.273. The van der Waals surface area contributed by atoms with E-state index in [4.69, 9.17) is 16.3 Å². The van der Waals surface area contributed by atoms with Gasteiger partial charge in [0, 0.05) is 18.5 Å². The third-order valence-electron chi connectivity index (χ3n) is 2.37. The van der Waals surface area contributed by atoms with Crippen LogP contribution in [-0.4, -0.2) is 43.6 Å². The number of hydrogen-bond acceptors (Lipinski definition) is 2. The minimum Gasteiger partial charge on any atom is -0.380 e. The molecule has 3 heteroatoms. The number of likely N-dealkylation sites (N-methyl/N-ethyl adjacent to an activating group) is 1. The van der Waals surface area contributed by atoms with E-state index >= 15 is 0 Å². The zero-order chi connectivity index (χ0) is 11.7. The van der Waals surface area contributed by atoms with Crippen LogP contribution in [0.2, 0.25) is 0 Å². The standard InChI is InChI=1S/C12H26ClNO/c1-11(2)6-9-15-10-8-14(4)7-5-12(3)13/h11-12H,5-10H2,1-4H3. The van der Waals surface area contributed by atoms with E-state index in [2.05, 4.69) is 25.8 Å². The largest absolute Gasteiger partial charge is 0.380 e. The van der Waals surface area contributed by atoms with Gasteiger partial charge in [-0.1, -0.05) is 13.8 Å². The summed E-state index contributed by atoms with van der Waals surface area (Å²) in [4.78, 5) is 2.27. The molecule has 0 N–H and O–H groups in total. The SMILES string of the molecule is CC(C)CCOCCN(C)CCC(C)Cl. The lowest BCUT2D eigenvalue weighted by Crippen LogP contribution is -2.25. The van der Waals surface area contributed by atoms with Crippen LogP contribution in [0.5, 0.6) is 0 Å². The third kappa shape index (κ3) is 12.1. The number of halogens is 1. The smallest absolute Gasteiger partial charge is 0.0593 e. The molecule has 0 aromatic heterocycles. The van der Waals surface area contributed by atoms with Crippen molar-refractivity contribution >= 4 is 11.6 Å². The Hall–Kier alpha value is 0.210. The highest BCUT2D eigenvalue weighted by Gasteiger charge is 2.01. The van der Waals surface area contributed by atoms with Crippen molar-refractivity contribution in [3.8, 4) is 0 Å².